The number of aliphatic hydroxyl groups excluding tert-OH is 1. The fourth-order valence-corrected chi connectivity index (χ4v) is 4.56. The molecular formula is C19H24O9. The average Bonchev–Trinajstić information content (AvgIpc) is 3.40. The highest BCUT2D eigenvalue weighted by molar-refractivity contribution is 5.90. The van der Waals surface area contributed by atoms with Gasteiger partial charge in [0.1, 0.15) is 17.8 Å². The normalized spacial score (nSPS) is 38.4. The molecule has 2 aliphatic heterocycles. The van der Waals surface area contributed by atoms with Crippen molar-refractivity contribution in [2.24, 2.45) is 11.8 Å². The van der Waals surface area contributed by atoms with Crippen LogP contribution >= 0.6 is 0 Å². The number of hydrogen-bond acceptors (Lipinski definition) is 9. The number of benzene rings is 1. The van der Waals surface area contributed by atoms with Crippen LogP contribution in [0.25, 0.3) is 0 Å². The number of hydrogen-bond donors (Lipinski definition) is 2. The predicted molar refractivity (Wildman–Crippen MR) is 92.8 cm³/mol. The van der Waals surface area contributed by atoms with E-state index in [-0.39, 0.29) is 35.5 Å². The average molecular weight is 396 g/mol. The summed E-state index contributed by atoms with van der Waals surface area (Å²) in [7, 11) is 4.46. The molecule has 3 fully saturated rings. The van der Waals surface area contributed by atoms with Crippen molar-refractivity contribution in [3.63, 3.8) is 0 Å². The van der Waals surface area contributed by atoms with E-state index in [1.165, 1.54) is 39.5 Å². The van der Waals surface area contributed by atoms with Crippen LogP contribution in [0.3, 0.4) is 0 Å². The minimum atomic E-state index is -0.846. The van der Waals surface area contributed by atoms with Gasteiger partial charge in [-0.15, -0.1) is 0 Å². The summed E-state index contributed by atoms with van der Waals surface area (Å²) in [6, 6.07) is 4.24. The third-order valence-corrected chi connectivity index (χ3v) is 5.96. The molecule has 9 heteroatoms. The molecule has 1 aromatic rings. The Balaban J connectivity index is 1.58. The lowest BCUT2D eigenvalue weighted by Crippen LogP contribution is -2.50. The highest BCUT2D eigenvalue weighted by Crippen LogP contribution is 2.61. The standard InChI is InChI=1S/C19H24O9/c1-23-12-6-9(4-5-11(12)21)17(22)27-15-10-7-13(24-2)26-18(25-3)14(10)19(8-20)16(15)28-19/h4-6,10,13-16,18,20-21H,7-8H2,1-3H3/t10-,13+,14-,15+,16+,18-,19-/m1/s1. The molecule has 1 aliphatic carbocycles. The first-order chi connectivity index (χ1) is 13.5. The van der Waals surface area contributed by atoms with Gasteiger partial charge in [-0.25, -0.2) is 4.79 Å². The summed E-state index contributed by atoms with van der Waals surface area (Å²) in [6.07, 6.45) is -1.68. The van der Waals surface area contributed by atoms with Gasteiger partial charge in [0.2, 0.25) is 0 Å². The molecular weight excluding hydrogens is 372 g/mol. The summed E-state index contributed by atoms with van der Waals surface area (Å²) in [4.78, 5) is 12.7. The Labute approximate surface area is 162 Å². The van der Waals surface area contributed by atoms with Gasteiger partial charge in [0.25, 0.3) is 0 Å². The first-order valence-electron chi connectivity index (χ1n) is 9.06. The molecule has 1 saturated carbocycles. The van der Waals surface area contributed by atoms with Crippen LogP contribution in [0, 0.1) is 11.8 Å². The maximum absolute atomic E-state index is 12.7. The number of carbonyl (C=O) groups excluding carboxylic acids is 1. The van der Waals surface area contributed by atoms with Gasteiger partial charge in [-0.1, -0.05) is 0 Å². The van der Waals surface area contributed by atoms with E-state index in [4.69, 9.17) is 28.4 Å². The van der Waals surface area contributed by atoms with Gasteiger partial charge < -0.3 is 38.6 Å². The molecule has 2 heterocycles. The smallest absolute Gasteiger partial charge is 0.338 e. The predicted octanol–water partition coefficient (Wildman–Crippen LogP) is 0.667. The van der Waals surface area contributed by atoms with Crippen molar-refractivity contribution < 1.29 is 43.4 Å². The number of phenols is 1. The highest BCUT2D eigenvalue weighted by atomic mass is 16.8. The third-order valence-electron chi connectivity index (χ3n) is 5.96. The van der Waals surface area contributed by atoms with Crippen LogP contribution < -0.4 is 4.74 Å². The zero-order chi connectivity index (χ0) is 20.1. The Hall–Kier alpha value is -1.91. The summed E-state index contributed by atoms with van der Waals surface area (Å²) in [5.74, 6) is -0.902. The fourth-order valence-electron chi connectivity index (χ4n) is 4.56. The second-order valence-electron chi connectivity index (χ2n) is 7.24. The molecule has 2 N–H and O–H groups in total. The molecule has 0 radical (unpaired) electrons. The van der Waals surface area contributed by atoms with Crippen LogP contribution in [0.2, 0.25) is 0 Å². The SMILES string of the molecule is COc1cc(C(=O)O[C@H]2[C@@H]3C[C@@H](OC)O[C@@H](OC)[C@@H]3[C@@]3(CO)O[C@@H]23)ccc1O. The number of epoxide rings is 1. The number of fused-ring (bicyclic) bond motifs is 3. The summed E-state index contributed by atoms with van der Waals surface area (Å²) in [6.45, 7) is -0.221. The molecule has 2 saturated heterocycles. The number of aromatic hydroxyl groups is 1. The van der Waals surface area contributed by atoms with Crippen LogP contribution in [0.1, 0.15) is 16.8 Å². The zero-order valence-corrected chi connectivity index (χ0v) is 15.9. The Morgan fingerprint density at radius 1 is 1.29 bits per heavy atom. The van der Waals surface area contributed by atoms with Gasteiger partial charge in [-0.2, -0.15) is 0 Å². The molecule has 0 unspecified atom stereocenters. The molecule has 0 amide bonds. The van der Waals surface area contributed by atoms with Crippen LogP contribution in [0.15, 0.2) is 18.2 Å². The quantitative estimate of drug-likeness (QED) is 0.528. The van der Waals surface area contributed by atoms with Crippen LogP contribution in [-0.4, -0.2) is 74.5 Å². The van der Waals surface area contributed by atoms with E-state index in [1.807, 2.05) is 0 Å². The van der Waals surface area contributed by atoms with E-state index < -0.39 is 36.4 Å². The number of carbonyl (C=O) groups is 1. The van der Waals surface area contributed by atoms with Gasteiger partial charge in [0.15, 0.2) is 24.1 Å². The molecule has 0 aromatic heterocycles. The van der Waals surface area contributed by atoms with Crippen molar-refractivity contribution in [3.8, 4) is 11.5 Å². The lowest BCUT2D eigenvalue weighted by molar-refractivity contribution is -0.299. The molecule has 9 nitrogen and oxygen atoms in total. The fraction of sp³-hybridized carbons (Fsp3) is 0.632. The second kappa shape index (κ2) is 7.16. The number of methoxy groups -OCH3 is 3. The summed E-state index contributed by atoms with van der Waals surface area (Å²) < 4.78 is 33.2. The van der Waals surface area contributed by atoms with Crippen LogP contribution in [-0.2, 0) is 23.7 Å². The van der Waals surface area contributed by atoms with Gasteiger partial charge in [0.05, 0.1) is 25.2 Å². The monoisotopic (exact) mass is 396 g/mol. The summed E-state index contributed by atoms with van der Waals surface area (Å²) >= 11 is 0. The molecule has 0 spiro atoms. The maximum atomic E-state index is 12.7. The number of rotatable bonds is 6. The van der Waals surface area contributed by atoms with E-state index in [0.717, 1.165) is 0 Å². The van der Waals surface area contributed by atoms with Crippen LogP contribution in [0.4, 0.5) is 0 Å². The first kappa shape index (κ1) is 19.4. The Morgan fingerprint density at radius 2 is 2.07 bits per heavy atom. The van der Waals surface area contributed by atoms with E-state index >= 15 is 0 Å². The second-order valence-corrected chi connectivity index (χ2v) is 7.24. The van der Waals surface area contributed by atoms with Gasteiger partial charge in [-0.3, -0.25) is 0 Å². The summed E-state index contributed by atoms with van der Waals surface area (Å²) in [5.41, 5.74) is -0.603. The van der Waals surface area contributed by atoms with Crippen molar-refractivity contribution in [1.29, 1.82) is 0 Å². The van der Waals surface area contributed by atoms with Gasteiger partial charge in [0, 0.05) is 26.6 Å². The minimum Gasteiger partial charge on any atom is -0.504 e. The van der Waals surface area contributed by atoms with E-state index in [2.05, 4.69) is 0 Å². The molecule has 154 valence electrons. The highest BCUT2D eigenvalue weighted by Gasteiger charge is 2.77. The topological polar surface area (TPSA) is 116 Å². The third kappa shape index (κ3) is 2.85. The maximum Gasteiger partial charge on any atom is 0.338 e. The van der Waals surface area contributed by atoms with Crippen molar-refractivity contribution in [2.45, 2.75) is 36.8 Å². The van der Waals surface area contributed by atoms with Crippen LogP contribution in [0.5, 0.6) is 11.5 Å². The minimum absolute atomic E-state index is 0.0693. The Kier molecular flexibility index (Phi) is 4.96. The zero-order valence-electron chi connectivity index (χ0n) is 15.9. The molecule has 1 aromatic carbocycles. The molecule has 28 heavy (non-hydrogen) atoms. The number of ether oxygens (including phenoxy) is 6. The van der Waals surface area contributed by atoms with Gasteiger partial charge >= 0.3 is 5.97 Å². The largest absolute Gasteiger partial charge is 0.504 e. The van der Waals surface area contributed by atoms with E-state index in [1.54, 1.807) is 0 Å². The van der Waals surface area contributed by atoms with Crippen molar-refractivity contribution in [3.05, 3.63) is 23.8 Å². The number of aliphatic hydroxyl groups is 1. The van der Waals surface area contributed by atoms with Gasteiger partial charge in [-0.05, 0) is 18.2 Å². The van der Waals surface area contributed by atoms with E-state index in [9.17, 15) is 15.0 Å². The number of esters is 1. The number of phenolic OH excluding ortho intramolecular Hbond substituents is 1. The lowest BCUT2D eigenvalue weighted by atomic mass is 9.83. The summed E-state index contributed by atoms with van der Waals surface area (Å²) in [5, 5.41) is 19.7. The molecule has 3 aliphatic rings. The van der Waals surface area contributed by atoms with E-state index in [0.29, 0.717) is 6.42 Å². The van der Waals surface area contributed by atoms with Crippen molar-refractivity contribution >= 4 is 5.97 Å². The Bertz CT molecular complexity index is 753. The lowest BCUT2D eigenvalue weighted by Gasteiger charge is -2.41. The molecule has 0 bridgehead atoms. The molecule has 4 rings (SSSR count). The molecule has 7 atom stereocenters. The van der Waals surface area contributed by atoms with Crippen molar-refractivity contribution in [1.82, 2.24) is 0 Å². The first-order valence-corrected chi connectivity index (χ1v) is 9.06. The Morgan fingerprint density at radius 3 is 2.71 bits per heavy atom. The van der Waals surface area contributed by atoms with Crippen molar-refractivity contribution in [2.75, 3.05) is 27.9 Å².